The third-order valence-electron chi connectivity index (χ3n) is 1.98. The topological polar surface area (TPSA) is 51.8 Å². The molecule has 0 atom stereocenters. The van der Waals surface area contributed by atoms with Crippen molar-refractivity contribution in [3.63, 3.8) is 0 Å². The fourth-order valence-corrected chi connectivity index (χ4v) is 3.14. The van der Waals surface area contributed by atoms with E-state index in [9.17, 15) is 0 Å². The van der Waals surface area contributed by atoms with Crippen LogP contribution in [-0.2, 0) is 6.42 Å². The first-order valence-electron chi connectivity index (χ1n) is 4.71. The fourth-order valence-electron chi connectivity index (χ4n) is 1.23. The molecule has 16 heavy (non-hydrogen) atoms. The van der Waals surface area contributed by atoms with Gasteiger partial charge in [0, 0.05) is 10.8 Å². The lowest BCUT2D eigenvalue weighted by Gasteiger charge is -2.01. The van der Waals surface area contributed by atoms with Crippen LogP contribution in [-0.4, -0.2) is 16.0 Å². The molecule has 0 radical (unpaired) electrons. The second-order valence-electron chi connectivity index (χ2n) is 3.10. The van der Waals surface area contributed by atoms with Crippen molar-refractivity contribution >= 4 is 39.8 Å². The van der Waals surface area contributed by atoms with Crippen LogP contribution in [0.15, 0.2) is 28.6 Å². The molecule has 0 aliphatic carbocycles. The first-order chi connectivity index (χ1) is 7.75. The lowest BCUT2D eigenvalue weighted by molar-refractivity contribution is 1.01. The van der Waals surface area contributed by atoms with Gasteiger partial charge >= 0.3 is 0 Å². The van der Waals surface area contributed by atoms with Crippen LogP contribution in [0, 0.1) is 0 Å². The summed E-state index contributed by atoms with van der Waals surface area (Å²) in [6, 6.07) is 7.88. The lowest BCUT2D eigenvalue weighted by Crippen LogP contribution is -1.89. The molecule has 0 saturated heterocycles. The molecule has 0 aliphatic rings. The van der Waals surface area contributed by atoms with Crippen LogP contribution in [0.4, 0.5) is 5.13 Å². The van der Waals surface area contributed by atoms with Gasteiger partial charge in [0.2, 0.25) is 5.13 Å². The normalized spacial score (nSPS) is 10.6. The molecule has 2 N–H and O–H groups in total. The Labute approximate surface area is 107 Å². The molecule has 0 spiro atoms. The molecule has 1 heterocycles. The zero-order chi connectivity index (χ0) is 11.4. The molecule has 1 aromatic heterocycles. The van der Waals surface area contributed by atoms with Crippen molar-refractivity contribution in [1.82, 2.24) is 10.2 Å². The van der Waals surface area contributed by atoms with E-state index in [1.54, 1.807) is 11.8 Å². The number of benzene rings is 1. The molecule has 0 bridgehead atoms. The highest BCUT2D eigenvalue weighted by Gasteiger charge is 2.03. The van der Waals surface area contributed by atoms with E-state index in [4.69, 9.17) is 17.3 Å². The highest BCUT2D eigenvalue weighted by atomic mass is 35.5. The largest absolute Gasteiger partial charge is 0.374 e. The number of aromatic nitrogens is 2. The lowest BCUT2D eigenvalue weighted by atomic mass is 10.2. The molecule has 3 nitrogen and oxygen atoms in total. The number of nitrogens with two attached hydrogens (primary N) is 1. The minimum Gasteiger partial charge on any atom is -0.374 e. The Morgan fingerprint density at radius 2 is 2.12 bits per heavy atom. The highest BCUT2D eigenvalue weighted by molar-refractivity contribution is 8.01. The van der Waals surface area contributed by atoms with Crippen molar-refractivity contribution in [2.24, 2.45) is 0 Å². The van der Waals surface area contributed by atoms with E-state index in [1.807, 2.05) is 24.3 Å². The molecule has 2 rings (SSSR count). The van der Waals surface area contributed by atoms with Crippen molar-refractivity contribution in [2.75, 3.05) is 11.5 Å². The Balaban J connectivity index is 1.87. The summed E-state index contributed by atoms with van der Waals surface area (Å²) in [4.78, 5) is 0. The maximum atomic E-state index is 6.06. The number of thioether (sulfide) groups is 1. The van der Waals surface area contributed by atoms with E-state index in [-0.39, 0.29) is 0 Å². The molecule has 84 valence electrons. The van der Waals surface area contributed by atoms with Crippen LogP contribution in [0.1, 0.15) is 5.56 Å². The third-order valence-corrected chi connectivity index (χ3v) is 4.23. The minimum absolute atomic E-state index is 0.514. The van der Waals surface area contributed by atoms with Crippen LogP contribution in [0.3, 0.4) is 0 Å². The second kappa shape index (κ2) is 5.52. The van der Waals surface area contributed by atoms with E-state index in [1.165, 1.54) is 11.3 Å². The molecule has 1 aromatic carbocycles. The molecule has 0 amide bonds. The van der Waals surface area contributed by atoms with Gasteiger partial charge in [0.1, 0.15) is 0 Å². The highest BCUT2D eigenvalue weighted by Crippen LogP contribution is 2.25. The summed E-state index contributed by atoms with van der Waals surface area (Å²) in [7, 11) is 0. The summed E-state index contributed by atoms with van der Waals surface area (Å²) in [5.74, 6) is 0.929. The van der Waals surface area contributed by atoms with E-state index >= 15 is 0 Å². The van der Waals surface area contributed by atoms with Gasteiger partial charge in [-0.05, 0) is 18.1 Å². The van der Waals surface area contributed by atoms with Gasteiger partial charge < -0.3 is 5.73 Å². The maximum Gasteiger partial charge on any atom is 0.203 e. The Morgan fingerprint density at radius 3 is 2.81 bits per heavy atom. The quantitative estimate of drug-likeness (QED) is 0.868. The molecule has 2 aromatic rings. The van der Waals surface area contributed by atoms with Gasteiger partial charge in [-0.2, -0.15) is 0 Å². The van der Waals surface area contributed by atoms with E-state index in [0.717, 1.165) is 27.1 Å². The van der Waals surface area contributed by atoms with Crippen LogP contribution < -0.4 is 5.73 Å². The number of rotatable bonds is 4. The Morgan fingerprint density at radius 1 is 1.31 bits per heavy atom. The van der Waals surface area contributed by atoms with Crippen molar-refractivity contribution in [3.8, 4) is 0 Å². The van der Waals surface area contributed by atoms with Crippen LogP contribution in [0.2, 0.25) is 5.02 Å². The van der Waals surface area contributed by atoms with E-state index in [2.05, 4.69) is 10.2 Å². The first-order valence-corrected chi connectivity index (χ1v) is 6.89. The van der Waals surface area contributed by atoms with Crippen LogP contribution in [0.25, 0.3) is 0 Å². The zero-order valence-electron chi connectivity index (χ0n) is 8.39. The number of hydrogen-bond donors (Lipinski definition) is 1. The monoisotopic (exact) mass is 271 g/mol. The van der Waals surface area contributed by atoms with E-state index in [0.29, 0.717) is 5.13 Å². The van der Waals surface area contributed by atoms with Gasteiger partial charge in [0.15, 0.2) is 4.34 Å². The van der Waals surface area contributed by atoms with Crippen LogP contribution >= 0.6 is 34.7 Å². The zero-order valence-corrected chi connectivity index (χ0v) is 10.8. The first kappa shape index (κ1) is 11.7. The molecule has 0 saturated carbocycles. The van der Waals surface area contributed by atoms with Crippen molar-refractivity contribution in [1.29, 1.82) is 0 Å². The molecule has 0 unspecified atom stereocenters. The smallest absolute Gasteiger partial charge is 0.203 e. The van der Waals surface area contributed by atoms with Crippen molar-refractivity contribution < 1.29 is 0 Å². The predicted molar refractivity (Wildman–Crippen MR) is 70.2 cm³/mol. The summed E-state index contributed by atoms with van der Waals surface area (Å²) < 4.78 is 0.907. The van der Waals surface area contributed by atoms with Crippen molar-refractivity contribution in [3.05, 3.63) is 34.9 Å². The Hall–Kier alpha value is -0.780. The van der Waals surface area contributed by atoms with Crippen LogP contribution in [0.5, 0.6) is 0 Å². The summed E-state index contributed by atoms with van der Waals surface area (Å²) in [5.41, 5.74) is 6.66. The summed E-state index contributed by atoms with van der Waals surface area (Å²) >= 11 is 9.12. The van der Waals surface area contributed by atoms with Gasteiger partial charge in [-0.1, -0.05) is 52.9 Å². The molecular weight excluding hydrogens is 262 g/mol. The summed E-state index contributed by atoms with van der Waals surface area (Å²) in [6.07, 6.45) is 0.920. The number of anilines is 1. The summed E-state index contributed by atoms with van der Waals surface area (Å²) in [6.45, 7) is 0. The number of aryl methyl sites for hydroxylation is 1. The fraction of sp³-hybridized carbons (Fsp3) is 0.200. The summed E-state index contributed by atoms with van der Waals surface area (Å²) in [5, 5.41) is 9.04. The van der Waals surface area contributed by atoms with Crippen molar-refractivity contribution in [2.45, 2.75) is 10.8 Å². The van der Waals surface area contributed by atoms with Gasteiger partial charge in [-0.15, -0.1) is 10.2 Å². The average molecular weight is 272 g/mol. The van der Waals surface area contributed by atoms with Gasteiger partial charge in [0.25, 0.3) is 0 Å². The van der Waals surface area contributed by atoms with Gasteiger partial charge in [-0.3, -0.25) is 0 Å². The van der Waals surface area contributed by atoms with Gasteiger partial charge in [0.05, 0.1) is 0 Å². The standard InChI is InChI=1S/C10H10ClN3S2/c11-8-4-2-1-3-7(8)5-6-15-10-14-13-9(12)16-10/h1-4H,5-6H2,(H2,12,13). The molecule has 0 aliphatic heterocycles. The Kier molecular flexibility index (Phi) is 4.04. The maximum absolute atomic E-state index is 6.06. The number of halogens is 1. The second-order valence-corrected chi connectivity index (χ2v) is 5.85. The molecule has 6 heteroatoms. The average Bonchev–Trinajstić information content (AvgIpc) is 2.67. The van der Waals surface area contributed by atoms with E-state index < -0.39 is 0 Å². The SMILES string of the molecule is Nc1nnc(SCCc2ccccc2Cl)s1. The third kappa shape index (κ3) is 3.10. The van der Waals surface area contributed by atoms with Gasteiger partial charge in [-0.25, -0.2) is 0 Å². The predicted octanol–water partition coefficient (Wildman–Crippen LogP) is 3.11. The Bertz CT molecular complexity index is 473. The molecular formula is C10H10ClN3S2. The number of hydrogen-bond acceptors (Lipinski definition) is 5. The molecule has 0 fully saturated rings. The minimum atomic E-state index is 0.514. The number of nitrogen functional groups attached to an aromatic ring is 1. The number of nitrogens with zero attached hydrogens (tertiary/aromatic N) is 2.